The minimum atomic E-state index is -0.118. The molecule has 0 radical (unpaired) electrons. The maximum atomic E-state index is 12.0. The Bertz CT molecular complexity index is 518. The van der Waals surface area contributed by atoms with Crippen molar-refractivity contribution >= 4 is 21.6 Å². The summed E-state index contributed by atoms with van der Waals surface area (Å²) in [5.41, 5.74) is 0.668. The van der Waals surface area contributed by atoms with Gasteiger partial charge in [0, 0.05) is 6.54 Å². The number of hydrogen-bond donors (Lipinski definition) is 1. The molecule has 0 atom stereocenters. The lowest BCUT2D eigenvalue weighted by Crippen LogP contribution is -2.25. The Balaban J connectivity index is 1.98. The Kier molecular flexibility index (Phi) is 5.40. The Morgan fingerprint density at radius 2 is 2.20 bits per heavy atom. The highest BCUT2D eigenvalue weighted by Crippen LogP contribution is 2.28. The van der Waals surface area contributed by atoms with Crippen molar-refractivity contribution in [1.29, 1.82) is 0 Å². The Morgan fingerprint density at radius 3 is 2.85 bits per heavy atom. The number of nitrogens with zero attached hydrogens (tertiary/aromatic N) is 2. The van der Waals surface area contributed by atoms with Gasteiger partial charge in [0.25, 0.3) is 5.56 Å². The van der Waals surface area contributed by atoms with Crippen LogP contribution >= 0.6 is 15.9 Å². The monoisotopic (exact) mass is 339 g/mol. The molecule has 0 bridgehead atoms. The summed E-state index contributed by atoms with van der Waals surface area (Å²) in [5, 5.41) is 7.50. The zero-order chi connectivity index (χ0) is 14.5. The lowest BCUT2D eigenvalue weighted by molar-refractivity contribution is 0.300. The summed E-state index contributed by atoms with van der Waals surface area (Å²) >= 11 is 3.37. The van der Waals surface area contributed by atoms with Gasteiger partial charge in [-0.25, -0.2) is 4.68 Å². The van der Waals surface area contributed by atoms with E-state index in [0.717, 1.165) is 18.2 Å². The normalized spacial score (nSPS) is 22.5. The van der Waals surface area contributed by atoms with E-state index >= 15 is 0 Å². The number of nitrogens with one attached hydrogen (secondary N) is 1. The molecule has 0 aliphatic heterocycles. The van der Waals surface area contributed by atoms with Gasteiger partial charge >= 0.3 is 0 Å². The van der Waals surface area contributed by atoms with Gasteiger partial charge < -0.3 is 5.32 Å². The maximum Gasteiger partial charge on any atom is 0.283 e. The SMILES string of the molecule is C=CCn1ncc(NCC2CCC(C)CC2)c(Br)c1=O. The van der Waals surface area contributed by atoms with E-state index in [-0.39, 0.29) is 5.56 Å². The van der Waals surface area contributed by atoms with Crippen molar-refractivity contribution in [3.8, 4) is 0 Å². The molecule has 0 spiro atoms. The van der Waals surface area contributed by atoms with Crippen LogP contribution in [-0.2, 0) is 6.54 Å². The molecule has 1 aromatic rings. The summed E-state index contributed by atoms with van der Waals surface area (Å²) < 4.78 is 1.95. The summed E-state index contributed by atoms with van der Waals surface area (Å²) in [7, 11) is 0. The third kappa shape index (κ3) is 3.72. The highest BCUT2D eigenvalue weighted by Gasteiger charge is 2.18. The summed E-state index contributed by atoms with van der Waals surface area (Å²) in [6.07, 6.45) is 8.54. The smallest absolute Gasteiger partial charge is 0.283 e. The van der Waals surface area contributed by atoms with Crippen LogP contribution in [0.2, 0.25) is 0 Å². The maximum absolute atomic E-state index is 12.0. The second-order valence-electron chi connectivity index (χ2n) is 5.65. The fourth-order valence-corrected chi connectivity index (χ4v) is 3.08. The highest BCUT2D eigenvalue weighted by molar-refractivity contribution is 9.10. The fraction of sp³-hybridized carbons (Fsp3) is 0.600. The Hall–Kier alpha value is -1.10. The van der Waals surface area contributed by atoms with Gasteiger partial charge in [-0.3, -0.25) is 4.79 Å². The van der Waals surface area contributed by atoms with E-state index in [1.165, 1.54) is 30.4 Å². The Morgan fingerprint density at radius 1 is 1.50 bits per heavy atom. The molecular weight excluding hydrogens is 318 g/mol. The molecule has 0 aromatic carbocycles. The van der Waals surface area contributed by atoms with E-state index < -0.39 is 0 Å². The van der Waals surface area contributed by atoms with Crippen LogP contribution in [0.15, 0.2) is 28.1 Å². The topological polar surface area (TPSA) is 46.9 Å². The first kappa shape index (κ1) is 15.3. The average molecular weight is 340 g/mol. The molecular formula is C15H22BrN3O. The van der Waals surface area contributed by atoms with E-state index in [9.17, 15) is 4.79 Å². The zero-order valence-electron chi connectivity index (χ0n) is 11.9. The minimum Gasteiger partial charge on any atom is -0.382 e. The number of allylic oxidation sites excluding steroid dienone is 1. The summed E-state index contributed by atoms with van der Waals surface area (Å²) in [6, 6.07) is 0. The number of hydrogen-bond acceptors (Lipinski definition) is 3. The molecule has 5 heteroatoms. The van der Waals surface area contributed by atoms with Gasteiger partial charge in [-0.2, -0.15) is 5.10 Å². The minimum absolute atomic E-state index is 0.118. The fourth-order valence-electron chi connectivity index (χ4n) is 2.63. The lowest BCUT2D eigenvalue weighted by atomic mass is 9.83. The van der Waals surface area contributed by atoms with Gasteiger partial charge in [0.15, 0.2) is 0 Å². The molecule has 0 unspecified atom stereocenters. The van der Waals surface area contributed by atoms with E-state index in [4.69, 9.17) is 0 Å². The van der Waals surface area contributed by atoms with Crippen molar-refractivity contribution in [2.45, 2.75) is 39.2 Å². The molecule has 4 nitrogen and oxygen atoms in total. The third-order valence-corrected chi connectivity index (χ3v) is 4.77. The molecule has 1 saturated carbocycles. The van der Waals surface area contributed by atoms with Crippen LogP contribution in [0.1, 0.15) is 32.6 Å². The van der Waals surface area contributed by atoms with E-state index in [1.54, 1.807) is 12.3 Å². The van der Waals surface area contributed by atoms with Crippen LogP contribution in [0.5, 0.6) is 0 Å². The molecule has 1 fully saturated rings. The molecule has 0 amide bonds. The zero-order valence-corrected chi connectivity index (χ0v) is 13.5. The highest BCUT2D eigenvalue weighted by atomic mass is 79.9. The van der Waals surface area contributed by atoms with Gasteiger partial charge in [0.2, 0.25) is 0 Å². The van der Waals surface area contributed by atoms with Crippen molar-refractivity contribution in [2.24, 2.45) is 11.8 Å². The van der Waals surface area contributed by atoms with Gasteiger partial charge in [-0.05, 0) is 40.6 Å². The standard InChI is InChI=1S/C15H22BrN3O/c1-3-8-19-15(20)14(16)13(10-18-19)17-9-12-6-4-11(2)5-7-12/h3,10-12,17H,1,4-9H2,2H3. The summed E-state index contributed by atoms with van der Waals surface area (Å²) in [6.45, 7) is 7.29. The molecule has 0 saturated heterocycles. The quantitative estimate of drug-likeness (QED) is 0.836. The first-order valence-corrected chi connectivity index (χ1v) is 8.01. The van der Waals surface area contributed by atoms with E-state index in [1.807, 2.05) is 0 Å². The van der Waals surface area contributed by atoms with Crippen molar-refractivity contribution < 1.29 is 0 Å². The molecule has 1 N–H and O–H groups in total. The molecule has 1 aliphatic carbocycles. The van der Waals surface area contributed by atoms with Crippen LogP contribution in [0.3, 0.4) is 0 Å². The van der Waals surface area contributed by atoms with Crippen molar-refractivity contribution in [2.75, 3.05) is 11.9 Å². The van der Waals surface area contributed by atoms with Crippen LogP contribution in [0, 0.1) is 11.8 Å². The van der Waals surface area contributed by atoms with Gasteiger partial charge in [0.1, 0.15) is 4.47 Å². The number of rotatable bonds is 5. The predicted octanol–water partition coefficient (Wildman–Crippen LogP) is 3.43. The Labute approximate surface area is 128 Å². The van der Waals surface area contributed by atoms with Gasteiger partial charge in [0.05, 0.1) is 18.4 Å². The lowest BCUT2D eigenvalue weighted by Gasteiger charge is -2.26. The number of aromatic nitrogens is 2. The van der Waals surface area contributed by atoms with E-state index in [2.05, 4.69) is 39.8 Å². The molecule has 20 heavy (non-hydrogen) atoms. The van der Waals surface area contributed by atoms with Crippen molar-refractivity contribution in [3.63, 3.8) is 0 Å². The van der Waals surface area contributed by atoms with Crippen LogP contribution in [-0.4, -0.2) is 16.3 Å². The van der Waals surface area contributed by atoms with Crippen LogP contribution in [0.25, 0.3) is 0 Å². The van der Waals surface area contributed by atoms with Gasteiger partial charge in [-0.1, -0.05) is 25.8 Å². The largest absolute Gasteiger partial charge is 0.382 e. The molecule has 110 valence electrons. The van der Waals surface area contributed by atoms with Crippen molar-refractivity contribution in [3.05, 3.63) is 33.7 Å². The molecule has 1 heterocycles. The van der Waals surface area contributed by atoms with Crippen LogP contribution < -0.4 is 10.9 Å². The van der Waals surface area contributed by atoms with Crippen molar-refractivity contribution in [1.82, 2.24) is 9.78 Å². The van der Waals surface area contributed by atoms with Gasteiger partial charge in [-0.15, -0.1) is 6.58 Å². The summed E-state index contributed by atoms with van der Waals surface area (Å²) in [4.78, 5) is 12.0. The van der Waals surface area contributed by atoms with Crippen LogP contribution in [0.4, 0.5) is 5.69 Å². The second-order valence-corrected chi connectivity index (χ2v) is 6.45. The second kappa shape index (κ2) is 7.07. The molecule has 1 aliphatic rings. The first-order chi connectivity index (χ1) is 9.61. The third-order valence-electron chi connectivity index (χ3n) is 4.00. The first-order valence-electron chi connectivity index (χ1n) is 7.22. The van der Waals surface area contributed by atoms with E-state index in [0.29, 0.717) is 16.9 Å². The predicted molar refractivity (Wildman–Crippen MR) is 86.0 cm³/mol. The molecule has 1 aromatic heterocycles. The number of halogens is 1. The number of anilines is 1. The summed E-state index contributed by atoms with van der Waals surface area (Å²) in [5.74, 6) is 1.57. The average Bonchev–Trinajstić information content (AvgIpc) is 2.45. The molecule has 2 rings (SSSR count).